The molecule has 1 heteroatoms. The first-order chi connectivity index (χ1) is 9.35. The lowest BCUT2D eigenvalue weighted by molar-refractivity contribution is 0.358. The van der Waals surface area contributed by atoms with Gasteiger partial charge in [0.2, 0.25) is 0 Å². The summed E-state index contributed by atoms with van der Waals surface area (Å²) in [6.45, 7) is 0. The van der Waals surface area contributed by atoms with Crippen molar-refractivity contribution in [3.05, 3.63) is 35.4 Å². The lowest BCUT2D eigenvalue weighted by Gasteiger charge is -2.29. The first-order valence-corrected chi connectivity index (χ1v) is 8.12. The predicted molar refractivity (Wildman–Crippen MR) is 79.2 cm³/mol. The molecule has 3 aliphatic carbocycles. The van der Waals surface area contributed by atoms with E-state index in [4.69, 9.17) is 0 Å². The second kappa shape index (κ2) is 4.63. The zero-order valence-electron chi connectivity index (χ0n) is 11.9. The summed E-state index contributed by atoms with van der Waals surface area (Å²) in [4.78, 5) is 0. The van der Waals surface area contributed by atoms with Gasteiger partial charge in [0.1, 0.15) is 0 Å². The van der Waals surface area contributed by atoms with Crippen molar-refractivity contribution < 1.29 is 0 Å². The van der Waals surface area contributed by atoms with Crippen LogP contribution in [0.1, 0.15) is 61.6 Å². The molecule has 3 atom stereocenters. The van der Waals surface area contributed by atoms with Gasteiger partial charge in [-0.15, -0.1) is 0 Å². The zero-order valence-corrected chi connectivity index (χ0v) is 11.9. The largest absolute Gasteiger partial charge is 0.313 e. The summed E-state index contributed by atoms with van der Waals surface area (Å²) in [7, 11) is 2.14. The van der Waals surface area contributed by atoms with E-state index >= 15 is 0 Å². The molecule has 0 amide bonds. The quantitative estimate of drug-likeness (QED) is 0.847. The molecule has 1 N–H and O–H groups in total. The smallest absolute Gasteiger partial charge is 0.0346 e. The molecule has 19 heavy (non-hydrogen) atoms. The Morgan fingerprint density at radius 3 is 2.53 bits per heavy atom. The first kappa shape index (κ1) is 12.0. The van der Waals surface area contributed by atoms with Gasteiger partial charge in [0.15, 0.2) is 0 Å². The van der Waals surface area contributed by atoms with E-state index in [1.165, 1.54) is 38.5 Å². The van der Waals surface area contributed by atoms with Crippen LogP contribution in [0.25, 0.3) is 0 Å². The van der Waals surface area contributed by atoms with E-state index in [0.717, 1.165) is 23.7 Å². The Balaban J connectivity index is 1.55. The minimum absolute atomic E-state index is 0.591. The third kappa shape index (κ3) is 2.12. The second-order valence-electron chi connectivity index (χ2n) is 7.05. The number of rotatable bonds is 4. The normalized spacial score (nSPS) is 34.7. The Hall–Kier alpha value is -0.820. The Labute approximate surface area is 116 Å². The average Bonchev–Trinajstić information content (AvgIpc) is 2.96. The maximum atomic E-state index is 3.60. The van der Waals surface area contributed by atoms with Gasteiger partial charge in [-0.05, 0) is 74.0 Å². The third-order valence-corrected chi connectivity index (χ3v) is 5.91. The number of hydrogen-bond acceptors (Lipinski definition) is 1. The van der Waals surface area contributed by atoms with Crippen molar-refractivity contribution in [2.24, 2.45) is 17.8 Å². The number of hydrogen-bond donors (Lipinski definition) is 1. The molecule has 0 bridgehead atoms. The van der Waals surface area contributed by atoms with Gasteiger partial charge in [0.25, 0.3) is 0 Å². The van der Waals surface area contributed by atoms with Crippen molar-refractivity contribution in [1.29, 1.82) is 0 Å². The van der Waals surface area contributed by atoms with E-state index in [-0.39, 0.29) is 0 Å². The highest BCUT2D eigenvalue weighted by atomic mass is 14.9. The topological polar surface area (TPSA) is 12.0 Å². The zero-order chi connectivity index (χ0) is 12.8. The Morgan fingerprint density at radius 2 is 1.89 bits per heavy atom. The fraction of sp³-hybridized carbons (Fsp3) is 0.667. The van der Waals surface area contributed by atoms with Crippen LogP contribution in [0.3, 0.4) is 0 Å². The number of fused-ring (bicyclic) bond motifs is 1. The molecule has 3 unspecified atom stereocenters. The standard InChI is InChI=1S/C18H25N/c1-19-18(17-10-15-9-16(15)11-17)14-7-3-6-13(8-14)12-4-2-5-12/h3,6-8,12,15-19H,2,4-5,9-11H2,1H3. The van der Waals surface area contributed by atoms with Gasteiger partial charge in [-0.25, -0.2) is 0 Å². The summed E-state index contributed by atoms with van der Waals surface area (Å²) in [5.74, 6) is 3.89. The summed E-state index contributed by atoms with van der Waals surface area (Å²) in [5.41, 5.74) is 3.13. The monoisotopic (exact) mass is 255 g/mol. The fourth-order valence-electron chi connectivity index (χ4n) is 4.46. The van der Waals surface area contributed by atoms with Crippen molar-refractivity contribution in [1.82, 2.24) is 5.32 Å². The molecular weight excluding hydrogens is 230 g/mol. The van der Waals surface area contributed by atoms with Crippen LogP contribution in [0.2, 0.25) is 0 Å². The van der Waals surface area contributed by atoms with E-state index in [2.05, 4.69) is 36.6 Å². The Bertz CT molecular complexity index is 453. The highest BCUT2D eigenvalue weighted by Gasteiger charge is 2.47. The molecule has 0 heterocycles. The van der Waals surface area contributed by atoms with Crippen molar-refractivity contribution in [2.75, 3.05) is 7.05 Å². The van der Waals surface area contributed by atoms with E-state index in [9.17, 15) is 0 Å². The van der Waals surface area contributed by atoms with Crippen LogP contribution >= 0.6 is 0 Å². The molecule has 1 aromatic rings. The van der Waals surface area contributed by atoms with Crippen molar-refractivity contribution in [3.63, 3.8) is 0 Å². The molecule has 0 saturated heterocycles. The van der Waals surface area contributed by atoms with Crippen molar-refractivity contribution in [3.8, 4) is 0 Å². The molecule has 1 aromatic carbocycles. The summed E-state index contributed by atoms with van der Waals surface area (Å²) in [5, 5.41) is 3.60. The number of benzene rings is 1. The third-order valence-electron chi connectivity index (χ3n) is 5.91. The maximum Gasteiger partial charge on any atom is 0.0346 e. The minimum atomic E-state index is 0.591. The SMILES string of the molecule is CNC(c1cccc(C2CCC2)c1)C1CC2CC2C1. The molecule has 102 valence electrons. The van der Waals surface area contributed by atoms with Gasteiger partial charge < -0.3 is 5.32 Å². The maximum absolute atomic E-state index is 3.60. The van der Waals surface area contributed by atoms with Crippen LogP contribution in [-0.4, -0.2) is 7.05 Å². The predicted octanol–water partition coefficient (Wildman–Crippen LogP) is 4.26. The molecule has 0 aliphatic heterocycles. The molecule has 0 spiro atoms. The van der Waals surface area contributed by atoms with E-state index in [1.807, 2.05) is 0 Å². The van der Waals surface area contributed by atoms with Gasteiger partial charge in [-0.3, -0.25) is 0 Å². The highest BCUT2D eigenvalue weighted by molar-refractivity contribution is 5.30. The van der Waals surface area contributed by atoms with Crippen molar-refractivity contribution in [2.45, 2.75) is 50.5 Å². The first-order valence-electron chi connectivity index (χ1n) is 8.12. The van der Waals surface area contributed by atoms with Crippen LogP contribution in [0.15, 0.2) is 24.3 Å². The summed E-state index contributed by atoms with van der Waals surface area (Å²) in [6.07, 6.45) is 8.68. The van der Waals surface area contributed by atoms with Crippen LogP contribution < -0.4 is 5.32 Å². The van der Waals surface area contributed by atoms with Crippen LogP contribution in [0.4, 0.5) is 0 Å². The van der Waals surface area contributed by atoms with E-state index in [0.29, 0.717) is 6.04 Å². The molecular formula is C18H25N. The lowest BCUT2D eigenvalue weighted by Crippen LogP contribution is -2.24. The molecule has 3 aliphatic rings. The Morgan fingerprint density at radius 1 is 1.11 bits per heavy atom. The van der Waals surface area contributed by atoms with E-state index < -0.39 is 0 Å². The van der Waals surface area contributed by atoms with Gasteiger partial charge in [0, 0.05) is 6.04 Å². The van der Waals surface area contributed by atoms with Crippen LogP contribution in [0, 0.1) is 17.8 Å². The molecule has 0 aromatic heterocycles. The highest BCUT2D eigenvalue weighted by Crippen LogP contribution is 2.57. The van der Waals surface area contributed by atoms with E-state index in [1.54, 1.807) is 11.1 Å². The molecule has 4 rings (SSSR count). The van der Waals surface area contributed by atoms with Gasteiger partial charge in [0.05, 0.1) is 0 Å². The summed E-state index contributed by atoms with van der Waals surface area (Å²) < 4.78 is 0. The lowest BCUT2D eigenvalue weighted by atomic mass is 9.78. The summed E-state index contributed by atoms with van der Waals surface area (Å²) in [6, 6.07) is 10.0. The molecule has 3 fully saturated rings. The second-order valence-corrected chi connectivity index (χ2v) is 7.05. The van der Waals surface area contributed by atoms with Gasteiger partial charge in [-0.1, -0.05) is 30.7 Å². The number of nitrogens with one attached hydrogen (secondary N) is 1. The summed E-state index contributed by atoms with van der Waals surface area (Å²) >= 11 is 0. The molecule has 0 radical (unpaired) electrons. The molecule has 1 nitrogen and oxygen atoms in total. The van der Waals surface area contributed by atoms with Crippen LogP contribution in [-0.2, 0) is 0 Å². The van der Waals surface area contributed by atoms with Gasteiger partial charge in [-0.2, -0.15) is 0 Å². The van der Waals surface area contributed by atoms with Crippen LogP contribution in [0.5, 0.6) is 0 Å². The average molecular weight is 255 g/mol. The fourth-order valence-corrected chi connectivity index (χ4v) is 4.46. The minimum Gasteiger partial charge on any atom is -0.313 e. The van der Waals surface area contributed by atoms with Gasteiger partial charge >= 0.3 is 0 Å². The van der Waals surface area contributed by atoms with Crippen molar-refractivity contribution >= 4 is 0 Å². The Kier molecular flexibility index (Phi) is 2.91. The molecule has 3 saturated carbocycles.